The van der Waals surface area contributed by atoms with Gasteiger partial charge in [-0.1, -0.05) is 6.07 Å². The molecule has 0 spiro atoms. The minimum atomic E-state index is -0.500. The number of carbonyl (C=O) groups is 2. The Labute approximate surface area is 126 Å². The molecule has 1 aliphatic heterocycles. The van der Waals surface area contributed by atoms with Crippen molar-refractivity contribution in [2.45, 2.75) is 6.42 Å². The van der Waals surface area contributed by atoms with E-state index >= 15 is 0 Å². The van der Waals surface area contributed by atoms with Crippen molar-refractivity contribution in [1.82, 2.24) is 0 Å². The van der Waals surface area contributed by atoms with E-state index < -0.39 is 6.09 Å². The monoisotopic (exact) mass is 302 g/mol. The van der Waals surface area contributed by atoms with Crippen LogP contribution in [0, 0.1) is 0 Å². The SMILES string of the molecule is COC(=O)Nc1ccc2c(c1)CCN2C(=O)c1cccs1. The molecule has 2 aromatic rings. The number of hydrogen-bond acceptors (Lipinski definition) is 4. The molecule has 5 nitrogen and oxygen atoms in total. The van der Waals surface area contributed by atoms with Gasteiger partial charge in [-0.05, 0) is 41.6 Å². The fourth-order valence-corrected chi connectivity index (χ4v) is 3.06. The van der Waals surface area contributed by atoms with Gasteiger partial charge in [-0.2, -0.15) is 0 Å². The van der Waals surface area contributed by atoms with Gasteiger partial charge in [0.15, 0.2) is 0 Å². The maximum Gasteiger partial charge on any atom is 0.411 e. The van der Waals surface area contributed by atoms with Crippen LogP contribution in [0.25, 0.3) is 0 Å². The van der Waals surface area contributed by atoms with E-state index in [1.54, 1.807) is 11.0 Å². The lowest BCUT2D eigenvalue weighted by molar-refractivity contribution is 0.0993. The fourth-order valence-electron chi connectivity index (χ4n) is 2.39. The summed E-state index contributed by atoms with van der Waals surface area (Å²) >= 11 is 1.44. The molecule has 21 heavy (non-hydrogen) atoms. The average molecular weight is 302 g/mol. The Morgan fingerprint density at radius 2 is 2.19 bits per heavy atom. The van der Waals surface area contributed by atoms with Gasteiger partial charge in [0.1, 0.15) is 0 Å². The minimum Gasteiger partial charge on any atom is -0.453 e. The number of amides is 2. The van der Waals surface area contributed by atoms with Crippen LogP contribution >= 0.6 is 11.3 Å². The Balaban J connectivity index is 1.83. The molecule has 1 N–H and O–H groups in total. The summed E-state index contributed by atoms with van der Waals surface area (Å²) in [6.45, 7) is 0.660. The fraction of sp³-hybridized carbons (Fsp3) is 0.200. The molecule has 0 saturated carbocycles. The first kappa shape index (κ1) is 13.6. The van der Waals surface area contributed by atoms with Crippen molar-refractivity contribution in [3.63, 3.8) is 0 Å². The van der Waals surface area contributed by atoms with Crippen molar-refractivity contribution in [1.29, 1.82) is 0 Å². The number of carbonyl (C=O) groups excluding carboxylic acids is 2. The van der Waals surface area contributed by atoms with Gasteiger partial charge >= 0.3 is 6.09 Å². The number of nitrogens with one attached hydrogen (secondary N) is 1. The molecule has 0 fully saturated rings. The van der Waals surface area contributed by atoms with Crippen molar-refractivity contribution in [2.24, 2.45) is 0 Å². The van der Waals surface area contributed by atoms with E-state index in [0.29, 0.717) is 12.2 Å². The molecular formula is C15H14N2O3S. The third-order valence-corrected chi connectivity index (χ3v) is 4.24. The minimum absolute atomic E-state index is 0.0254. The van der Waals surface area contributed by atoms with Crippen LogP contribution in [0.5, 0.6) is 0 Å². The first-order valence-corrected chi connectivity index (χ1v) is 7.40. The number of anilines is 2. The van der Waals surface area contributed by atoms with Crippen molar-refractivity contribution in [3.8, 4) is 0 Å². The Morgan fingerprint density at radius 3 is 2.90 bits per heavy atom. The highest BCUT2D eigenvalue weighted by Gasteiger charge is 2.26. The van der Waals surface area contributed by atoms with Gasteiger partial charge in [-0.3, -0.25) is 10.1 Å². The molecule has 0 saturated heterocycles. The lowest BCUT2D eigenvalue weighted by Crippen LogP contribution is -2.28. The Bertz CT molecular complexity index is 682. The summed E-state index contributed by atoms with van der Waals surface area (Å²) in [7, 11) is 1.32. The largest absolute Gasteiger partial charge is 0.453 e. The lowest BCUT2D eigenvalue weighted by Gasteiger charge is -2.16. The summed E-state index contributed by atoms with van der Waals surface area (Å²) in [6.07, 6.45) is 0.280. The second-order valence-corrected chi connectivity index (χ2v) is 5.59. The number of rotatable bonds is 2. The number of methoxy groups -OCH3 is 1. The summed E-state index contributed by atoms with van der Waals surface area (Å²) in [5.74, 6) is 0.0254. The van der Waals surface area contributed by atoms with Crippen LogP contribution in [0.4, 0.5) is 16.2 Å². The molecule has 0 aliphatic carbocycles. The van der Waals surface area contributed by atoms with Crippen LogP contribution in [0.1, 0.15) is 15.2 Å². The third kappa shape index (κ3) is 2.62. The van der Waals surface area contributed by atoms with Gasteiger partial charge in [0.2, 0.25) is 0 Å². The van der Waals surface area contributed by atoms with E-state index in [-0.39, 0.29) is 5.91 Å². The first-order chi connectivity index (χ1) is 10.2. The molecule has 1 aromatic heterocycles. The summed E-state index contributed by atoms with van der Waals surface area (Å²) in [5, 5.41) is 4.53. The topological polar surface area (TPSA) is 58.6 Å². The highest BCUT2D eigenvalue weighted by atomic mass is 32.1. The molecule has 1 aliphatic rings. The maximum atomic E-state index is 12.4. The van der Waals surface area contributed by atoms with E-state index in [1.807, 2.05) is 29.6 Å². The first-order valence-electron chi connectivity index (χ1n) is 6.52. The van der Waals surface area contributed by atoms with Gasteiger partial charge in [-0.25, -0.2) is 4.79 Å². The van der Waals surface area contributed by atoms with Crippen molar-refractivity contribution < 1.29 is 14.3 Å². The number of nitrogens with zero attached hydrogens (tertiary/aromatic N) is 1. The van der Waals surface area contributed by atoms with Gasteiger partial charge in [0.25, 0.3) is 5.91 Å². The molecule has 0 radical (unpaired) electrons. The van der Waals surface area contributed by atoms with Crippen LogP contribution in [-0.2, 0) is 11.2 Å². The molecule has 0 atom stereocenters. The molecule has 2 amide bonds. The van der Waals surface area contributed by atoms with Crippen LogP contribution in [-0.4, -0.2) is 25.7 Å². The van der Waals surface area contributed by atoms with Crippen LogP contribution in [0.3, 0.4) is 0 Å². The normalized spacial score (nSPS) is 12.9. The quantitative estimate of drug-likeness (QED) is 0.927. The van der Waals surface area contributed by atoms with Crippen LogP contribution in [0.15, 0.2) is 35.7 Å². The number of benzene rings is 1. The van der Waals surface area contributed by atoms with Gasteiger partial charge in [0, 0.05) is 17.9 Å². The van der Waals surface area contributed by atoms with E-state index in [4.69, 9.17) is 0 Å². The highest BCUT2D eigenvalue weighted by Crippen LogP contribution is 2.32. The summed E-state index contributed by atoms with van der Waals surface area (Å²) in [4.78, 5) is 26.2. The Hall–Kier alpha value is -2.34. The standard InChI is InChI=1S/C15H14N2O3S/c1-20-15(19)16-11-4-5-12-10(9-11)6-7-17(12)14(18)13-3-2-8-21-13/h2-5,8-9H,6-7H2,1H3,(H,16,19). The number of ether oxygens (including phenoxy) is 1. The van der Waals surface area contributed by atoms with Gasteiger partial charge in [-0.15, -0.1) is 11.3 Å². The zero-order valence-electron chi connectivity index (χ0n) is 11.5. The molecule has 0 unspecified atom stereocenters. The number of thiophene rings is 1. The number of fused-ring (bicyclic) bond motifs is 1. The molecular weight excluding hydrogens is 288 g/mol. The number of hydrogen-bond donors (Lipinski definition) is 1. The molecule has 2 heterocycles. The van der Waals surface area contributed by atoms with Crippen LogP contribution in [0.2, 0.25) is 0 Å². The van der Waals surface area contributed by atoms with Gasteiger partial charge < -0.3 is 9.64 Å². The summed E-state index contributed by atoms with van der Waals surface area (Å²) in [5.41, 5.74) is 2.63. The molecule has 6 heteroatoms. The van der Waals surface area contributed by atoms with E-state index in [9.17, 15) is 9.59 Å². The summed E-state index contributed by atoms with van der Waals surface area (Å²) < 4.78 is 4.57. The highest BCUT2D eigenvalue weighted by molar-refractivity contribution is 7.12. The average Bonchev–Trinajstić information content (AvgIpc) is 3.15. The van der Waals surface area contributed by atoms with Crippen molar-refractivity contribution >= 4 is 34.7 Å². The molecule has 1 aromatic carbocycles. The van der Waals surface area contributed by atoms with Crippen molar-refractivity contribution in [3.05, 3.63) is 46.2 Å². The summed E-state index contributed by atoms with van der Waals surface area (Å²) in [6, 6.07) is 9.22. The predicted molar refractivity (Wildman–Crippen MR) is 82.2 cm³/mol. The van der Waals surface area contributed by atoms with E-state index in [2.05, 4.69) is 10.1 Å². The smallest absolute Gasteiger partial charge is 0.411 e. The molecule has 0 bridgehead atoms. The Morgan fingerprint density at radius 1 is 1.33 bits per heavy atom. The molecule has 3 rings (SSSR count). The second kappa shape index (κ2) is 5.57. The zero-order valence-corrected chi connectivity index (χ0v) is 12.3. The van der Waals surface area contributed by atoms with Gasteiger partial charge in [0.05, 0.1) is 12.0 Å². The third-order valence-electron chi connectivity index (χ3n) is 3.38. The van der Waals surface area contributed by atoms with E-state index in [1.165, 1.54) is 18.4 Å². The molecule has 108 valence electrons. The van der Waals surface area contributed by atoms with Crippen molar-refractivity contribution in [2.75, 3.05) is 23.9 Å². The zero-order chi connectivity index (χ0) is 14.8. The predicted octanol–water partition coefficient (Wildman–Crippen LogP) is 3.13. The van der Waals surface area contributed by atoms with Crippen LogP contribution < -0.4 is 10.2 Å². The van der Waals surface area contributed by atoms with E-state index in [0.717, 1.165) is 22.5 Å². The second-order valence-electron chi connectivity index (χ2n) is 4.64. The Kier molecular flexibility index (Phi) is 3.62. The lowest BCUT2D eigenvalue weighted by atomic mass is 10.1. The maximum absolute atomic E-state index is 12.4.